The lowest BCUT2D eigenvalue weighted by molar-refractivity contribution is 0.200. The normalized spacial score (nSPS) is 12.4. The van der Waals surface area contributed by atoms with E-state index in [-0.39, 0.29) is 5.82 Å². The Morgan fingerprint density at radius 3 is 2.50 bits per heavy atom. The Bertz CT molecular complexity index is 566. The maximum absolute atomic E-state index is 12.8. The molecule has 0 fully saturated rings. The van der Waals surface area contributed by atoms with Gasteiger partial charge in [-0.25, -0.2) is 4.39 Å². The predicted octanol–water partition coefficient (Wildman–Crippen LogP) is 4.14. The molecule has 1 unspecified atom stereocenters. The first-order valence-corrected chi connectivity index (χ1v) is 7.66. The lowest BCUT2D eigenvalue weighted by Gasteiger charge is -2.13. The Morgan fingerprint density at radius 1 is 1.10 bits per heavy atom. The van der Waals surface area contributed by atoms with Crippen LogP contribution < -0.4 is 0 Å². The van der Waals surface area contributed by atoms with E-state index in [4.69, 9.17) is 0 Å². The maximum Gasteiger partial charge on any atom is 0.123 e. The number of hydrogen-bond acceptors (Lipinski definition) is 2. The Kier molecular flexibility index (Phi) is 5.21. The number of hydrogen-bond donors (Lipinski definition) is 1. The summed E-state index contributed by atoms with van der Waals surface area (Å²) in [5.74, 6) is 0.379. The Balaban J connectivity index is 1.90. The fourth-order valence-electron chi connectivity index (χ4n) is 2.06. The smallest absolute Gasteiger partial charge is 0.123 e. The quantitative estimate of drug-likeness (QED) is 0.835. The van der Waals surface area contributed by atoms with E-state index in [1.807, 2.05) is 0 Å². The third-order valence-corrected chi connectivity index (χ3v) is 4.37. The molecule has 0 bridgehead atoms. The molecule has 0 radical (unpaired) electrons. The molecule has 0 saturated heterocycles. The van der Waals surface area contributed by atoms with Crippen LogP contribution in [-0.4, -0.2) is 17.0 Å². The van der Waals surface area contributed by atoms with Gasteiger partial charge in [-0.2, -0.15) is 0 Å². The molecule has 0 aliphatic heterocycles. The van der Waals surface area contributed by atoms with E-state index >= 15 is 0 Å². The fourth-order valence-corrected chi connectivity index (χ4v) is 2.89. The number of aliphatic hydroxyl groups excluding tert-OH is 1. The first-order valence-electron chi connectivity index (χ1n) is 6.67. The van der Waals surface area contributed by atoms with Crippen LogP contribution in [0.4, 0.5) is 4.39 Å². The summed E-state index contributed by atoms with van der Waals surface area (Å²) in [4.78, 5) is 0.978. The second-order valence-corrected chi connectivity index (χ2v) is 6.15. The van der Waals surface area contributed by atoms with E-state index in [0.717, 1.165) is 4.90 Å². The average molecular weight is 290 g/mol. The van der Waals surface area contributed by atoms with Crippen molar-refractivity contribution in [1.82, 2.24) is 0 Å². The summed E-state index contributed by atoms with van der Waals surface area (Å²) in [6.07, 6.45) is 0.257. The number of benzene rings is 2. The Labute approximate surface area is 123 Å². The summed E-state index contributed by atoms with van der Waals surface area (Å²) in [6, 6.07) is 12.7. The van der Waals surface area contributed by atoms with Crippen molar-refractivity contribution < 1.29 is 9.50 Å². The van der Waals surface area contributed by atoms with Gasteiger partial charge in [-0.15, -0.1) is 11.8 Å². The molecule has 1 nitrogen and oxygen atoms in total. The molecule has 2 aromatic carbocycles. The number of rotatable bonds is 5. The van der Waals surface area contributed by atoms with Crippen molar-refractivity contribution in [3.8, 4) is 0 Å². The molecule has 0 saturated carbocycles. The van der Waals surface area contributed by atoms with Crippen LogP contribution in [-0.2, 0) is 6.42 Å². The Morgan fingerprint density at radius 2 is 1.80 bits per heavy atom. The van der Waals surface area contributed by atoms with Crippen LogP contribution in [0.2, 0.25) is 0 Å². The van der Waals surface area contributed by atoms with Gasteiger partial charge in [-0.1, -0.05) is 23.8 Å². The van der Waals surface area contributed by atoms with E-state index in [0.29, 0.717) is 12.2 Å². The first-order chi connectivity index (χ1) is 9.54. The summed E-state index contributed by atoms with van der Waals surface area (Å²) < 4.78 is 12.8. The van der Waals surface area contributed by atoms with Crippen LogP contribution in [0, 0.1) is 19.7 Å². The van der Waals surface area contributed by atoms with Crippen LogP contribution in [0.1, 0.15) is 16.7 Å². The van der Waals surface area contributed by atoms with Gasteiger partial charge in [-0.3, -0.25) is 0 Å². The Hall–Kier alpha value is -1.32. The summed E-state index contributed by atoms with van der Waals surface area (Å²) >= 11 is 1.55. The van der Waals surface area contributed by atoms with E-state index < -0.39 is 6.10 Å². The summed E-state index contributed by atoms with van der Waals surface area (Å²) in [7, 11) is 0. The number of halogens is 1. The minimum atomic E-state index is -0.398. The van der Waals surface area contributed by atoms with Crippen LogP contribution in [0.25, 0.3) is 0 Å². The van der Waals surface area contributed by atoms with Gasteiger partial charge in [0.05, 0.1) is 6.10 Å². The van der Waals surface area contributed by atoms with Crippen LogP contribution in [0.5, 0.6) is 0 Å². The topological polar surface area (TPSA) is 20.2 Å². The molecule has 0 heterocycles. The number of aryl methyl sites for hydroxylation is 2. The lowest BCUT2D eigenvalue weighted by Crippen LogP contribution is -2.14. The van der Waals surface area contributed by atoms with Crippen molar-refractivity contribution in [3.05, 3.63) is 65.0 Å². The fraction of sp³-hybridized carbons (Fsp3) is 0.294. The molecule has 2 aromatic rings. The van der Waals surface area contributed by atoms with E-state index in [2.05, 4.69) is 32.0 Å². The monoisotopic (exact) mass is 290 g/mol. The van der Waals surface area contributed by atoms with Gasteiger partial charge in [0.15, 0.2) is 0 Å². The highest BCUT2D eigenvalue weighted by molar-refractivity contribution is 7.99. The number of thioether (sulfide) groups is 1. The molecule has 0 spiro atoms. The van der Waals surface area contributed by atoms with E-state index in [9.17, 15) is 9.50 Å². The van der Waals surface area contributed by atoms with Gasteiger partial charge in [0.2, 0.25) is 0 Å². The maximum atomic E-state index is 12.8. The van der Waals surface area contributed by atoms with E-state index in [1.54, 1.807) is 23.9 Å². The van der Waals surface area contributed by atoms with Crippen molar-refractivity contribution in [1.29, 1.82) is 0 Å². The van der Waals surface area contributed by atoms with E-state index in [1.165, 1.54) is 28.8 Å². The molecule has 20 heavy (non-hydrogen) atoms. The lowest BCUT2D eigenvalue weighted by atomic mass is 10.0. The zero-order valence-corrected chi connectivity index (χ0v) is 12.6. The summed E-state index contributed by atoms with van der Waals surface area (Å²) in [5.41, 5.74) is 3.61. The highest BCUT2D eigenvalue weighted by Crippen LogP contribution is 2.21. The minimum absolute atomic E-state index is 0.231. The third-order valence-electron chi connectivity index (χ3n) is 3.22. The van der Waals surface area contributed by atoms with Crippen molar-refractivity contribution in [3.63, 3.8) is 0 Å². The van der Waals surface area contributed by atoms with Crippen LogP contribution in [0.3, 0.4) is 0 Å². The second kappa shape index (κ2) is 6.91. The molecule has 0 aliphatic carbocycles. The first kappa shape index (κ1) is 15.1. The molecule has 106 valence electrons. The molecule has 0 aliphatic rings. The van der Waals surface area contributed by atoms with Crippen molar-refractivity contribution in [2.75, 3.05) is 5.75 Å². The van der Waals surface area contributed by atoms with Crippen molar-refractivity contribution in [2.45, 2.75) is 31.3 Å². The highest BCUT2D eigenvalue weighted by atomic mass is 32.2. The molecule has 1 atom stereocenters. The zero-order valence-electron chi connectivity index (χ0n) is 11.8. The second-order valence-electron chi connectivity index (χ2n) is 5.05. The van der Waals surface area contributed by atoms with Gasteiger partial charge < -0.3 is 5.11 Å². The van der Waals surface area contributed by atoms with Crippen LogP contribution >= 0.6 is 11.8 Å². The molecular weight excluding hydrogens is 271 g/mol. The summed E-state index contributed by atoms with van der Waals surface area (Å²) in [5, 5.41) is 10.1. The van der Waals surface area contributed by atoms with Gasteiger partial charge >= 0.3 is 0 Å². The average Bonchev–Trinajstić information content (AvgIpc) is 2.42. The molecule has 0 aromatic heterocycles. The van der Waals surface area contributed by atoms with Gasteiger partial charge in [0.1, 0.15) is 5.82 Å². The van der Waals surface area contributed by atoms with Crippen molar-refractivity contribution >= 4 is 11.8 Å². The highest BCUT2D eigenvalue weighted by Gasteiger charge is 2.09. The van der Waals surface area contributed by atoms with Gasteiger partial charge in [0.25, 0.3) is 0 Å². The molecule has 1 N–H and O–H groups in total. The van der Waals surface area contributed by atoms with Gasteiger partial charge in [0, 0.05) is 10.6 Å². The largest absolute Gasteiger partial charge is 0.392 e. The standard InChI is InChI=1S/C17H19FOS/c1-12-3-4-13(2)14(9-12)10-16(19)11-20-17-7-5-15(18)6-8-17/h3-9,16,19H,10-11H2,1-2H3. The molecule has 0 amide bonds. The minimum Gasteiger partial charge on any atom is -0.392 e. The molecule has 3 heteroatoms. The molecular formula is C17H19FOS. The summed E-state index contributed by atoms with van der Waals surface area (Å²) in [6.45, 7) is 4.12. The van der Waals surface area contributed by atoms with Gasteiger partial charge in [-0.05, 0) is 55.7 Å². The zero-order chi connectivity index (χ0) is 14.5. The SMILES string of the molecule is Cc1ccc(C)c(CC(O)CSc2ccc(F)cc2)c1. The third kappa shape index (κ3) is 4.36. The predicted molar refractivity (Wildman–Crippen MR) is 82.8 cm³/mol. The van der Waals surface area contributed by atoms with Crippen molar-refractivity contribution in [2.24, 2.45) is 0 Å². The molecule has 2 rings (SSSR count). The van der Waals surface area contributed by atoms with Crippen LogP contribution in [0.15, 0.2) is 47.4 Å². The number of aliphatic hydroxyl groups is 1.